The van der Waals surface area contributed by atoms with E-state index in [0.717, 1.165) is 18.4 Å². The maximum absolute atomic E-state index is 5.63. The maximum Gasteiger partial charge on any atom is 0.0361 e. The Hall–Kier alpha value is -1.02. The molecule has 14 heavy (non-hydrogen) atoms. The Bertz CT molecular complexity index is 303. The first-order valence-corrected chi connectivity index (χ1v) is 5.19. The fourth-order valence-electron chi connectivity index (χ4n) is 1.94. The molecule has 1 aliphatic rings. The van der Waals surface area contributed by atoms with Gasteiger partial charge >= 0.3 is 0 Å². The van der Waals surface area contributed by atoms with Crippen molar-refractivity contribution in [1.82, 2.24) is 0 Å². The Morgan fingerprint density at radius 2 is 1.93 bits per heavy atom. The zero-order chi connectivity index (χ0) is 10.1. The minimum absolute atomic E-state index is 0.733. The Morgan fingerprint density at radius 3 is 2.36 bits per heavy atom. The highest BCUT2D eigenvalue weighted by Crippen LogP contribution is 2.46. The summed E-state index contributed by atoms with van der Waals surface area (Å²) in [5.41, 5.74) is 8.34. The van der Waals surface area contributed by atoms with Crippen LogP contribution in [0.2, 0.25) is 0 Å². The summed E-state index contributed by atoms with van der Waals surface area (Å²) in [6.45, 7) is 0.833. The lowest BCUT2D eigenvalue weighted by atomic mass is 10.1. The van der Waals surface area contributed by atoms with Crippen molar-refractivity contribution in [3.8, 4) is 0 Å². The summed E-state index contributed by atoms with van der Waals surface area (Å²) in [5.74, 6) is 1.47. The summed E-state index contributed by atoms with van der Waals surface area (Å²) >= 11 is 0. The van der Waals surface area contributed by atoms with Gasteiger partial charge in [0, 0.05) is 19.8 Å². The van der Waals surface area contributed by atoms with Crippen LogP contribution in [0.1, 0.15) is 17.9 Å². The van der Waals surface area contributed by atoms with Gasteiger partial charge in [-0.2, -0.15) is 0 Å². The zero-order valence-electron chi connectivity index (χ0n) is 8.90. The minimum atomic E-state index is 0.733. The third-order valence-corrected chi connectivity index (χ3v) is 3.06. The van der Waals surface area contributed by atoms with E-state index < -0.39 is 0 Å². The van der Waals surface area contributed by atoms with Crippen LogP contribution in [0.5, 0.6) is 0 Å². The van der Waals surface area contributed by atoms with Gasteiger partial charge in [-0.1, -0.05) is 12.1 Å². The van der Waals surface area contributed by atoms with Gasteiger partial charge in [0.2, 0.25) is 0 Å². The van der Waals surface area contributed by atoms with Crippen molar-refractivity contribution in [2.24, 2.45) is 11.7 Å². The lowest BCUT2D eigenvalue weighted by Gasteiger charge is -2.12. The maximum atomic E-state index is 5.63. The van der Waals surface area contributed by atoms with Crippen LogP contribution in [0.4, 0.5) is 5.69 Å². The molecular formula is C12H18N2. The van der Waals surface area contributed by atoms with Crippen LogP contribution in [0, 0.1) is 5.92 Å². The second-order valence-electron chi connectivity index (χ2n) is 4.32. The van der Waals surface area contributed by atoms with E-state index in [1.54, 1.807) is 0 Å². The molecule has 1 saturated carbocycles. The minimum Gasteiger partial charge on any atom is -0.378 e. The number of nitrogens with zero attached hydrogens (tertiary/aromatic N) is 1. The Balaban J connectivity index is 2.08. The molecule has 0 bridgehead atoms. The summed E-state index contributed by atoms with van der Waals surface area (Å²) in [5, 5.41) is 0. The smallest absolute Gasteiger partial charge is 0.0361 e. The molecule has 1 aromatic carbocycles. The first-order valence-electron chi connectivity index (χ1n) is 5.19. The van der Waals surface area contributed by atoms with E-state index >= 15 is 0 Å². The molecule has 76 valence electrons. The van der Waals surface area contributed by atoms with Crippen molar-refractivity contribution < 1.29 is 0 Å². The van der Waals surface area contributed by atoms with Gasteiger partial charge in [0.1, 0.15) is 0 Å². The van der Waals surface area contributed by atoms with Gasteiger partial charge in [0.25, 0.3) is 0 Å². The van der Waals surface area contributed by atoms with Gasteiger partial charge in [0.15, 0.2) is 0 Å². The van der Waals surface area contributed by atoms with E-state index in [2.05, 4.69) is 43.3 Å². The first-order chi connectivity index (χ1) is 6.72. The third kappa shape index (κ3) is 1.75. The van der Waals surface area contributed by atoms with Gasteiger partial charge in [-0.3, -0.25) is 0 Å². The number of hydrogen-bond donors (Lipinski definition) is 1. The van der Waals surface area contributed by atoms with Crippen molar-refractivity contribution >= 4 is 5.69 Å². The van der Waals surface area contributed by atoms with E-state index in [-0.39, 0.29) is 0 Å². The molecule has 2 heteroatoms. The molecule has 1 aliphatic carbocycles. The van der Waals surface area contributed by atoms with Crippen LogP contribution in [-0.4, -0.2) is 20.6 Å². The number of benzene rings is 1. The van der Waals surface area contributed by atoms with Crippen molar-refractivity contribution in [1.29, 1.82) is 0 Å². The quantitative estimate of drug-likeness (QED) is 0.787. The topological polar surface area (TPSA) is 29.3 Å². The fourth-order valence-corrected chi connectivity index (χ4v) is 1.94. The highest BCUT2D eigenvalue weighted by molar-refractivity contribution is 5.47. The van der Waals surface area contributed by atoms with E-state index in [1.165, 1.54) is 17.7 Å². The van der Waals surface area contributed by atoms with Gasteiger partial charge in [-0.05, 0) is 42.5 Å². The molecule has 0 heterocycles. The lowest BCUT2D eigenvalue weighted by molar-refractivity contribution is 0.809. The normalized spacial score (nSPS) is 24.8. The molecule has 0 aliphatic heterocycles. The first kappa shape index (κ1) is 9.53. The van der Waals surface area contributed by atoms with Gasteiger partial charge in [-0.15, -0.1) is 0 Å². The summed E-state index contributed by atoms with van der Waals surface area (Å²) < 4.78 is 0. The second-order valence-corrected chi connectivity index (χ2v) is 4.32. The molecule has 0 aromatic heterocycles. The summed E-state index contributed by atoms with van der Waals surface area (Å²) in [7, 11) is 4.13. The predicted octanol–water partition coefficient (Wildman–Crippen LogP) is 1.81. The molecular weight excluding hydrogens is 172 g/mol. The fraction of sp³-hybridized carbons (Fsp3) is 0.500. The van der Waals surface area contributed by atoms with Gasteiger partial charge < -0.3 is 10.6 Å². The number of hydrogen-bond acceptors (Lipinski definition) is 2. The predicted molar refractivity (Wildman–Crippen MR) is 60.7 cm³/mol. The van der Waals surface area contributed by atoms with Crippen molar-refractivity contribution in [3.63, 3.8) is 0 Å². The summed E-state index contributed by atoms with van der Waals surface area (Å²) in [6, 6.07) is 8.83. The molecule has 0 amide bonds. The van der Waals surface area contributed by atoms with Crippen LogP contribution in [0.25, 0.3) is 0 Å². The summed E-state index contributed by atoms with van der Waals surface area (Å²) in [4.78, 5) is 2.12. The Morgan fingerprint density at radius 1 is 1.29 bits per heavy atom. The summed E-state index contributed by atoms with van der Waals surface area (Å²) in [6.07, 6.45) is 1.28. The molecule has 0 unspecified atom stereocenters. The molecule has 0 spiro atoms. The molecule has 2 N–H and O–H groups in total. The van der Waals surface area contributed by atoms with Crippen molar-refractivity contribution in [3.05, 3.63) is 29.8 Å². The van der Waals surface area contributed by atoms with Crippen LogP contribution in [0.3, 0.4) is 0 Å². The highest BCUT2D eigenvalue weighted by atomic mass is 15.1. The molecule has 2 rings (SSSR count). The monoisotopic (exact) mass is 190 g/mol. The van der Waals surface area contributed by atoms with Crippen LogP contribution in [-0.2, 0) is 0 Å². The SMILES string of the molecule is CN(C)c1ccc([C@@H]2C[C@H]2CN)cc1. The molecule has 1 fully saturated rings. The Kier molecular flexibility index (Phi) is 2.46. The molecule has 0 saturated heterocycles. The highest BCUT2D eigenvalue weighted by Gasteiger charge is 2.36. The second kappa shape index (κ2) is 3.62. The molecule has 2 nitrogen and oxygen atoms in total. The Labute approximate surface area is 85.7 Å². The van der Waals surface area contributed by atoms with Crippen LogP contribution >= 0.6 is 0 Å². The zero-order valence-corrected chi connectivity index (χ0v) is 8.90. The number of anilines is 1. The molecule has 1 aromatic rings. The van der Waals surface area contributed by atoms with E-state index in [0.29, 0.717) is 0 Å². The van der Waals surface area contributed by atoms with Crippen LogP contribution in [0.15, 0.2) is 24.3 Å². The average molecular weight is 190 g/mol. The third-order valence-electron chi connectivity index (χ3n) is 3.06. The molecule has 2 atom stereocenters. The molecule has 0 radical (unpaired) electrons. The largest absolute Gasteiger partial charge is 0.378 e. The average Bonchev–Trinajstić information content (AvgIpc) is 2.97. The lowest BCUT2D eigenvalue weighted by Crippen LogP contribution is -2.08. The number of rotatable bonds is 3. The standard InChI is InChI=1S/C12H18N2/c1-14(2)11-5-3-9(4-6-11)12-7-10(12)8-13/h3-6,10,12H,7-8,13H2,1-2H3/t10-,12-/m0/s1. The number of nitrogens with two attached hydrogens (primary N) is 1. The van der Waals surface area contributed by atoms with Crippen LogP contribution < -0.4 is 10.6 Å². The van der Waals surface area contributed by atoms with E-state index in [1.807, 2.05) is 0 Å². The van der Waals surface area contributed by atoms with E-state index in [9.17, 15) is 0 Å². The van der Waals surface area contributed by atoms with Gasteiger partial charge in [0.05, 0.1) is 0 Å². The van der Waals surface area contributed by atoms with Gasteiger partial charge in [-0.25, -0.2) is 0 Å². The van der Waals surface area contributed by atoms with Crippen molar-refractivity contribution in [2.45, 2.75) is 12.3 Å². The van der Waals surface area contributed by atoms with Crippen molar-refractivity contribution in [2.75, 3.05) is 25.5 Å². The van der Waals surface area contributed by atoms with E-state index in [4.69, 9.17) is 5.73 Å².